The fourth-order valence-electron chi connectivity index (χ4n) is 1.91. The highest BCUT2D eigenvalue weighted by Gasteiger charge is 2.12. The number of nitrogens with zero attached hydrogens (tertiary/aromatic N) is 1. The van der Waals surface area contributed by atoms with E-state index < -0.39 is 0 Å². The smallest absolute Gasteiger partial charge is 0.133 e. The van der Waals surface area contributed by atoms with E-state index >= 15 is 0 Å². The van der Waals surface area contributed by atoms with Gasteiger partial charge >= 0.3 is 0 Å². The summed E-state index contributed by atoms with van der Waals surface area (Å²) in [5.74, 6) is -0.282. The van der Waals surface area contributed by atoms with Crippen molar-refractivity contribution in [3.63, 3.8) is 0 Å². The topological polar surface area (TPSA) is 38.9 Å². The molecular formula is C15H10BrFN2S. The quantitative estimate of drug-likeness (QED) is 0.664. The van der Waals surface area contributed by atoms with Gasteiger partial charge in [-0.3, -0.25) is 0 Å². The van der Waals surface area contributed by atoms with E-state index in [4.69, 9.17) is 5.73 Å². The molecule has 0 fully saturated rings. The first kappa shape index (κ1) is 13.3. The van der Waals surface area contributed by atoms with Crippen LogP contribution < -0.4 is 5.73 Å². The van der Waals surface area contributed by atoms with Gasteiger partial charge in [0.05, 0.1) is 5.69 Å². The van der Waals surface area contributed by atoms with Gasteiger partial charge in [0.1, 0.15) is 10.8 Å². The van der Waals surface area contributed by atoms with Crippen LogP contribution in [-0.2, 0) is 0 Å². The molecule has 0 saturated heterocycles. The molecule has 20 heavy (non-hydrogen) atoms. The van der Waals surface area contributed by atoms with Crippen molar-refractivity contribution in [2.24, 2.45) is 0 Å². The molecule has 1 aromatic heterocycles. The molecule has 0 amide bonds. The predicted octanol–water partition coefficient (Wildman–Crippen LogP) is 4.96. The van der Waals surface area contributed by atoms with E-state index in [1.54, 1.807) is 12.1 Å². The fourth-order valence-corrected chi connectivity index (χ4v) is 3.11. The zero-order chi connectivity index (χ0) is 14.1. The van der Waals surface area contributed by atoms with Gasteiger partial charge in [-0.05, 0) is 24.3 Å². The molecule has 3 aromatic rings. The Bertz CT molecular complexity index is 770. The van der Waals surface area contributed by atoms with E-state index in [0.29, 0.717) is 16.3 Å². The number of rotatable bonds is 2. The van der Waals surface area contributed by atoms with E-state index in [1.165, 1.54) is 17.4 Å². The molecule has 2 aromatic carbocycles. The van der Waals surface area contributed by atoms with Crippen LogP contribution in [0.15, 0.2) is 52.3 Å². The first-order valence-electron chi connectivity index (χ1n) is 5.91. The molecule has 0 bridgehead atoms. The Morgan fingerprint density at radius 2 is 1.90 bits per heavy atom. The highest BCUT2D eigenvalue weighted by Crippen LogP contribution is 2.33. The zero-order valence-corrected chi connectivity index (χ0v) is 12.7. The Hall–Kier alpha value is -1.72. The minimum absolute atomic E-state index is 0.282. The van der Waals surface area contributed by atoms with Crippen LogP contribution in [0.1, 0.15) is 0 Å². The lowest BCUT2D eigenvalue weighted by Gasteiger charge is -2.02. The third-order valence-corrected chi connectivity index (χ3v) is 4.27. The third kappa shape index (κ3) is 2.46. The average molecular weight is 349 g/mol. The van der Waals surface area contributed by atoms with Gasteiger partial charge in [0, 0.05) is 26.7 Å². The van der Waals surface area contributed by atoms with Crippen LogP contribution in [0.25, 0.3) is 21.8 Å². The van der Waals surface area contributed by atoms with Gasteiger partial charge in [-0.2, -0.15) is 0 Å². The second-order valence-electron chi connectivity index (χ2n) is 4.25. The summed E-state index contributed by atoms with van der Waals surface area (Å²) in [7, 11) is 0. The fraction of sp³-hybridized carbons (Fsp3) is 0. The number of halogens is 2. The molecule has 0 unspecified atom stereocenters. The number of nitrogen functional groups attached to an aromatic ring is 1. The molecule has 2 N–H and O–H groups in total. The maximum atomic E-state index is 13.9. The number of aromatic nitrogens is 1. The van der Waals surface area contributed by atoms with Crippen LogP contribution in [-0.4, -0.2) is 4.98 Å². The van der Waals surface area contributed by atoms with E-state index in [1.807, 2.05) is 29.6 Å². The van der Waals surface area contributed by atoms with E-state index in [0.717, 1.165) is 15.7 Å². The number of para-hydroxylation sites is 1. The summed E-state index contributed by atoms with van der Waals surface area (Å²) in [6, 6.07) is 12.3. The molecule has 0 saturated carbocycles. The summed E-state index contributed by atoms with van der Waals surface area (Å²) in [5.41, 5.74) is 8.73. The highest BCUT2D eigenvalue weighted by atomic mass is 79.9. The van der Waals surface area contributed by atoms with Gasteiger partial charge in [0.25, 0.3) is 0 Å². The summed E-state index contributed by atoms with van der Waals surface area (Å²) in [6.45, 7) is 0. The number of anilines is 1. The molecule has 0 spiro atoms. The van der Waals surface area contributed by atoms with Crippen molar-refractivity contribution >= 4 is 33.0 Å². The zero-order valence-electron chi connectivity index (χ0n) is 10.3. The summed E-state index contributed by atoms with van der Waals surface area (Å²) < 4.78 is 14.7. The molecule has 1 heterocycles. The van der Waals surface area contributed by atoms with E-state index in [9.17, 15) is 4.39 Å². The van der Waals surface area contributed by atoms with Crippen LogP contribution in [0.4, 0.5) is 10.1 Å². The molecular weight excluding hydrogens is 339 g/mol. The summed E-state index contributed by atoms with van der Waals surface area (Å²) in [6.07, 6.45) is 0. The Labute approximate surface area is 128 Å². The van der Waals surface area contributed by atoms with Crippen molar-refractivity contribution in [3.05, 3.63) is 58.1 Å². The van der Waals surface area contributed by atoms with Crippen LogP contribution >= 0.6 is 27.3 Å². The third-order valence-electron chi connectivity index (χ3n) is 2.90. The van der Waals surface area contributed by atoms with Crippen molar-refractivity contribution in [2.45, 2.75) is 0 Å². The normalized spacial score (nSPS) is 10.7. The van der Waals surface area contributed by atoms with Crippen LogP contribution in [0, 0.1) is 5.82 Å². The van der Waals surface area contributed by atoms with Gasteiger partial charge in [0.15, 0.2) is 0 Å². The first-order valence-corrected chi connectivity index (χ1v) is 7.58. The predicted molar refractivity (Wildman–Crippen MR) is 85.1 cm³/mol. The largest absolute Gasteiger partial charge is 0.398 e. The van der Waals surface area contributed by atoms with E-state index in [-0.39, 0.29) is 5.82 Å². The average Bonchev–Trinajstić information content (AvgIpc) is 2.91. The Morgan fingerprint density at radius 1 is 1.10 bits per heavy atom. The molecule has 3 rings (SSSR count). The van der Waals surface area contributed by atoms with E-state index in [2.05, 4.69) is 20.9 Å². The molecule has 0 aliphatic rings. The van der Waals surface area contributed by atoms with Gasteiger partial charge in [-0.25, -0.2) is 9.37 Å². The number of benzene rings is 2. The SMILES string of the molecule is Nc1ccccc1-c1csc(-c2cc(Br)ccc2F)n1. The van der Waals surface area contributed by atoms with Crippen molar-refractivity contribution in [3.8, 4) is 21.8 Å². The Morgan fingerprint density at radius 3 is 2.70 bits per heavy atom. The number of nitrogens with two attached hydrogens (primary N) is 1. The molecule has 0 aliphatic carbocycles. The summed E-state index contributed by atoms with van der Waals surface area (Å²) in [5, 5.41) is 2.53. The Balaban J connectivity index is 2.07. The monoisotopic (exact) mass is 348 g/mol. The van der Waals surface area contributed by atoms with Crippen LogP contribution in [0.5, 0.6) is 0 Å². The molecule has 0 aliphatic heterocycles. The van der Waals surface area contributed by atoms with Crippen LogP contribution in [0.2, 0.25) is 0 Å². The Kier molecular flexibility index (Phi) is 3.54. The second-order valence-corrected chi connectivity index (χ2v) is 6.02. The molecule has 2 nitrogen and oxygen atoms in total. The lowest BCUT2D eigenvalue weighted by molar-refractivity contribution is 0.631. The van der Waals surface area contributed by atoms with Gasteiger partial charge in [-0.1, -0.05) is 34.1 Å². The van der Waals surface area contributed by atoms with Crippen molar-refractivity contribution < 1.29 is 4.39 Å². The highest BCUT2D eigenvalue weighted by molar-refractivity contribution is 9.10. The number of hydrogen-bond acceptors (Lipinski definition) is 3. The maximum absolute atomic E-state index is 13.9. The van der Waals surface area contributed by atoms with Crippen LogP contribution in [0.3, 0.4) is 0 Å². The maximum Gasteiger partial charge on any atom is 0.133 e. The summed E-state index contributed by atoms with van der Waals surface area (Å²) in [4.78, 5) is 4.49. The van der Waals surface area contributed by atoms with Gasteiger partial charge < -0.3 is 5.73 Å². The lowest BCUT2D eigenvalue weighted by atomic mass is 10.1. The molecule has 5 heteroatoms. The minimum Gasteiger partial charge on any atom is -0.398 e. The molecule has 100 valence electrons. The lowest BCUT2D eigenvalue weighted by Crippen LogP contribution is -1.89. The standard InChI is InChI=1S/C15H10BrFN2S/c16-9-5-6-12(17)11(7-9)15-19-14(8-20-15)10-3-1-2-4-13(10)18/h1-8H,18H2. The number of thiazole rings is 1. The van der Waals surface area contributed by atoms with Crippen molar-refractivity contribution in [2.75, 3.05) is 5.73 Å². The molecule has 0 radical (unpaired) electrons. The van der Waals surface area contributed by atoms with Crippen molar-refractivity contribution in [1.82, 2.24) is 4.98 Å². The van der Waals surface area contributed by atoms with Crippen molar-refractivity contribution in [1.29, 1.82) is 0 Å². The number of hydrogen-bond donors (Lipinski definition) is 1. The molecule has 0 atom stereocenters. The van der Waals surface area contributed by atoms with Gasteiger partial charge in [0.2, 0.25) is 0 Å². The summed E-state index contributed by atoms with van der Waals surface area (Å²) >= 11 is 4.75. The second kappa shape index (κ2) is 5.34. The first-order chi connectivity index (χ1) is 9.65. The van der Waals surface area contributed by atoms with Gasteiger partial charge in [-0.15, -0.1) is 11.3 Å². The minimum atomic E-state index is -0.282.